The number of halogens is 2. The second-order valence-electron chi connectivity index (χ2n) is 4.04. The molecule has 0 saturated heterocycles. The highest BCUT2D eigenvalue weighted by molar-refractivity contribution is 5.44. The van der Waals surface area contributed by atoms with Gasteiger partial charge >= 0.3 is 0 Å². The number of benzene rings is 1. The van der Waals surface area contributed by atoms with E-state index in [0.29, 0.717) is 11.3 Å². The van der Waals surface area contributed by atoms with E-state index < -0.39 is 11.5 Å². The van der Waals surface area contributed by atoms with Crippen LogP contribution >= 0.6 is 0 Å². The number of rotatable bonds is 2. The molecule has 82 valence electrons. The maximum Gasteiger partial charge on any atom is 0.272 e. The van der Waals surface area contributed by atoms with Crippen molar-refractivity contribution in [2.75, 3.05) is 7.11 Å². The topological polar surface area (TPSA) is 35.2 Å². The van der Waals surface area contributed by atoms with Crippen molar-refractivity contribution in [3.63, 3.8) is 0 Å². The third-order valence-electron chi connectivity index (χ3n) is 2.95. The van der Waals surface area contributed by atoms with E-state index in [1.807, 2.05) is 6.92 Å². The van der Waals surface area contributed by atoms with Crippen LogP contribution in [0.15, 0.2) is 18.2 Å². The second-order valence-corrected chi connectivity index (χ2v) is 4.04. The van der Waals surface area contributed by atoms with Crippen LogP contribution in [0.1, 0.15) is 17.5 Å². The largest absolute Gasteiger partial charge is 0.496 e. The standard InChI is InChI=1S/C11H13F2NO/c1-7-3-4-8(5-9(7)15-2)10(14)6-11(10,12)13/h3-5H,6,14H2,1-2H3. The molecule has 0 amide bonds. The summed E-state index contributed by atoms with van der Waals surface area (Å²) >= 11 is 0. The third-order valence-corrected chi connectivity index (χ3v) is 2.95. The van der Waals surface area contributed by atoms with Crippen LogP contribution in [0.3, 0.4) is 0 Å². The van der Waals surface area contributed by atoms with Crippen LogP contribution in [0.4, 0.5) is 8.78 Å². The molecule has 1 aliphatic rings. The van der Waals surface area contributed by atoms with Crippen molar-refractivity contribution in [1.29, 1.82) is 0 Å². The van der Waals surface area contributed by atoms with Crippen molar-refractivity contribution in [3.8, 4) is 5.75 Å². The molecular formula is C11H13F2NO. The molecule has 2 N–H and O–H groups in total. The summed E-state index contributed by atoms with van der Waals surface area (Å²) in [5.74, 6) is -2.19. The van der Waals surface area contributed by atoms with Gasteiger partial charge in [-0.25, -0.2) is 8.78 Å². The number of ether oxygens (including phenoxy) is 1. The number of methoxy groups -OCH3 is 1. The lowest BCUT2D eigenvalue weighted by Gasteiger charge is -2.13. The summed E-state index contributed by atoms with van der Waals surface area (Å²) in [4.78, 5) is 0. The fraction of sp³-hybridized carbons (Fsp3) is 0.455. The lowest BCUT2D eigenvalue weighted by Crippen LogP contribution is -2.27. The van der Waals surface area contributed by atoms with Gasteiger partial charge in [0.05, 0.1) is 7.11 Å². The summed E-state index contributed by atoms with van der Waals surface area (Å²) in [6.07, 6.45) is -0.286. The Morgan fingerprint density at radius 1 is 1.40 bits per heavy atom. The minimum Gasteiger partial charge on any atom is -0.496 e. The van der Waals surface area contributed by atoms with E-state index in [1.165, 1.54) is 7.11 Å². The van der Waals surface area contributed by atoms with E-state index in [0.717, 1.165) is 5.56 Å². The maximum absolute atomic E-state index is 13.0. The molecule has 0 spiro atoms. The maximum atomic E-state index is 13.0. The van der Waals surface area contributed by atoms with Gasteiger partial charge in [-0.15, -0.1) is 0 Å². The number of alkyl halides is 2. The van der Waals surface area contributed by atoms with Crippen molar-refractivity contribution in [3.05, 3.63) is 29.3 Å². The van der Waals surface area contributed by atoms with E-state index in [1.54, 1.807) is 18.2 Å². The Kier molecular flexibility index (Phi) is 2.01. The van der Waals surface area contributed by atoms with Gasteiger partial charge < -0.3 is 10.5 Å². The predicted molar refractivity (Wildman–Crippen MR) is 53.2 cm³/mol. The Labute approximate surface area is 87.0 Å². The molecule has 1 aromatic carbocycles. The van der Waals surface area contributed by atoms with Gasteiger partial charge in [0.25, 0.3) is 5.92 Å². The Bertz CT molecular complexity index is 406. The Balaban J connectivity index is 2.40. The third kappa shape index (κ3) is 1.40. The van der Waals surface area contributed by atoms with Crippen molar-refractivity contribution < 1.29 is 13.5 Å². The van der Waals surface area contributed by atoms with Crippen molar-refractivity contribution in [2.24, 2.45) is 5.73 Å². The van der Waals surface area contributed by atoms with Crippen LogP contribution in [0.25, 0.3) is 0 Å². The zero-order chi connectivity index (χ0) is 11.3. The molecule has 1 unspecified atom stereocenters. The molecule has 2 nitrogen and oxygen atoms in total. The van der Waals surface area contributed by atoms with E-state index in [9.17, 15) is 8.78 Å². The highest BCUT2D eigenvalue weighted by Gasteiger charge is 2.69. The zero-order valence-corrected chi connectivity index (χ0v) is 8.68. The average molecular weight is 213 g/mol. The molecule has 15 heavy (non-hydrogen) atoms. The molecule has 1 aromatic rings. The zero-order valence-electron chi connectivity index (χ0n) is 8.68. The van der Waals surface area contributed by atoms with Crippen LogP contribution in [-0.2, 0) is 5.54 Å². The van der Waals surface area contributed by atoms with Crippen molar-refractivity contribution >= 4 is 0 Å². The summed E-state index contributed by atoms with van der Waals surface area (Å²) in [7, 11) is 1.51. The molecule has 0 aromatic heterocycles. The molecule has 0 bridgehead atoms. The molecule has 0 heterocycles. The minimum atomic E-state index is -2.78. The molecule has 1 aliphatic carbocycles. The Morgan fingerprint density at radius 3 is 2.47 bits per heavy atom. The number of hydrogen-bond acceptors (Lipinski definition) is 2. The van der Waals surface area contributed by atoms with E-state index in [4.69, 9.17) is 10.5 Å². The fourth-order valence-corrected chi connectivity index (χ4v) is 1.72. The number of hydrogen-bond donors (Lipinski definition) is 1. The molecule has 4 heteroatoms. The van der Waals surface area contributed by atoms with Gasteiger partial charge in [-0.2, -0.15) is 0 Å². The highest BCUT2D eigenvalue weighted by Crippen LogP contribution is 2.57. The molecule has 0 aliphatic heterocycles. The molecule has 2 rings (SSSR count). The Morgan fingerprint density at radius 2 is 2.00 bits per heavy atom. The molecule has 1 saturated carbocycles. The molecule has 1 atom stereocenters. The monoisotopic (exact) mass is 213 g/mol. The summed E-state index contributed by atoms with van der Waals surface area (Å²) < 4.78 is 31.1. The molecule has 1 fully saturated rings. The number of nitrogens with two attached hydrogens (primary N) is 1. The van der Waals surface area contributed by atoms with Gasteiger partial charge in [0.15, 0.2) is 0 Å². The predicted octanol–water partition coefficient (Wildman–Crippen LogP) is 2.20. The summed E-state index contributed by atoms with van der Waals surface area (Å²) in [5.41, 5.74) is 5.47. The van der Waals surface area contributed by atoms with E-state index in [2.05, 4.69) is 0 Å². The average Bonchev–Trinajstić information content (AvgIpc) is 2.68. The lowest BCUT2D eigenvalue weighted by atomic mass is 10.0. The van der Waals surface area contributed by atoms with Gasteiger partial charge in [0.2, 0.25) is 0 Å². The summed E-state index contributed by atoms with van der Waals surface area (Å²) in [6.45, 7) is 1.86. The number of aryl methyl sites for hydroxylation is 1. The summed E-state index contributed by atoms with van der Waals surface area (Å²) in [5, 5.41) is 0. The van der Waals surface area contributed by atoms with E-state index in [-0.39, 0.29) is 6.42 Å². The smallest absolute Gasteiger partial charge is 0.272 e. The first-order valence-electron chi connectivity index (χ1n) is 4.72. The van der Waals surface area contributed by atoms with Gasteiger partial charge in [-0.05, 0) is 24.1 Å². The minimum absolute atomic E-state index is 0.286. The van der Waals surface area contributed by atoms with E-state index >= 15 is 0 Å². The SMILES string of the molecule is COc1cc(C2(N)CC2(F)F)ccc1C. The van der Waals surface area contributed by atoms with Crippen LogP contribution < -0.4 is 10.5 Å². The van der Waals surface area contributed by atoms with Gasteiger partial charge in [0, 0.05) is 6.42 Å². The Hall–Kier alpha value is -1.16. The van der Waals surface area contributed by atoms with Crippen LogP contribution in [-0.4, -0.2) is 13.0 Å². The van der Waals surface area contributed by atoms with Crippen LogP contribution in [0.5, 0.6) is 5.75 Å². The first kappa shape index (κ1) is 10.4. The normalized spacial score (nSPS) is 27.5. The molecule has 0 radical (unpaired) electrons. The highest BCUT2D eigenvalue weighted by atomic mass is 19.3. The fourth-order valence-electron chi connectivity index (χ4n) is 1.72. The quantitative estimate of drug-likeness (QED) is 0.817. The van der Waals surface area contributed by atoms with Gasteiger partial charge in [-0.3, -0.25) is 0 Å². The van der Waals surface area contributed by atoms with Gasteiger partial charge in [-0.1, -0.05) is 12.1 Å². The lowest BCUT2D eigenvalue weighted by molar-refractivity contribution is 0.0891. The van der Waals surface area contributed by atoms with Crippen molar-refractivity contribution in [2.45, 2.75) is 24.8 Å². The first-order chi connectivity index (χ1) is 6.90. The van der Waals surface area contributed by atoms with Crippen LogP contribution in [0, 0.1) is 6.92 Å². The molecular weight excluding hydrogens is 200 g/mol. The first-order valence-corrected chi connectivity index (χ1v) is 4.72. The summed E-state index contributed by atoms with van der Waals surface area (Å²) in [6, 6.07) is 4.98. The van der Waals surface area contributed by atoms with Crippen LogP contribution in [0.2, 0.25) is 0 Å². The van der Waals surface area contributed by atoms with Gasteiger partial charge in [0.1, 0.15) is 11.3 Å². The van der Waals surface area contributed by atoms with Crippen molar-refractivity contribution in [1.82, 2.24) is 0 Å². The second kappa shape index (κ2) is 2.92.